The van der Waals surface area contributed by atoms with Crippen molar-refractivity contribution in [2.45, 2.75) is 78.0 Å². The second kappa shape index (κ2) is 6.75. The summed E-state index contributed by atoms with van der Waals surface area (Å²) in [6, 6.07) is 0. The number of nitrogens with zero attached hydrogens (tertiary/aromatic N) is 1. The molecule has 22 heavy (non-hydrogen) atoms. The molecular weight excluding hydrogens is 280 g/mol. The summed E-state index contributed by atoms with van der Waals surface area (Å²) < 4.78 is 5.45. The van der Waals surface area contributed by atoms with Gasteiger partial charge in [-0.05, 0) is 67.2 Å². The number of hydrogen-bond acceptors (Lipinski definition) is 4. The van der Waals surface area contributed by atoms with Crippen molar-refractivity contribution in [1.29, 1.82) is 0 Å². The van der Waals surface area contributed by atoms with Crippen LogP contribution in [0.15, 0.2) is 0 Å². The zero-order valence-corrected chi connectivity index (χ0v) is 15.3. The van der Waals surface area contributed by atoms with E-state index in [0.717, 1.165) is 25.9 Å². The van der Waals surface area contributed by atoms with Crippen LogP contribution in [0.3, 0.4) is 0 Å². The molecule has 1 fully saturated rings. The number of carbonyl (C=O) groups is 1. The Morgan fingerprint density at radius 3 is 2.32 bits per heavy atom. The minimum absolute atomic E-state index is 0.223. The topological polar surface area (TPSA) is 61.8 Å². The van der Waals surface area contributed by atoms with Crippen LogP contribution >= 0.6 is 0 Å². The van der Waals surface area contributed by atoms with Crippen molar-refractivity contribution in [3.63, 3.8) is 0 Å². The summed E-state index contributed by atoms with van der Waals surface area (Å²) in [5, 5.41) is 13.6. The van der Waals surface area contributed by atoms with Gasteiger partial charge in [0.15, 0.2) is 0 Å². The Hall–Kier alpha value is -0.810. The molecule has 0 saturated carbocycles. The molecule has 0 bridgehead atoms. The molecule has 1 aliphatic heterocycles. The molecule has 5 nitrogen and oxygen atoms in total. The summed E-state index contributed by atoms with van der Waals surface area (Å²) in [6.07, 6.45) is 1.86. The third kappa shape index (κ3) is 5.76. The minimum atomic E-state index is -0.799. The third-order valence-electron chi connectivity index (χ3n) is 4.53. The highest BCUT2D eigenvalue weighted by Gasteiger charge is 2.35. The second-order valence-corrected chi connectivity index (χ2v) is 8.50. The summed E-state index contributed by atoms with van der Waals surface area (Å²) in [6.45, 7) is 15.6. The molecule has 5 heteroatoms. The Labute approximate surface area is 135 Å². The van der Waals surface area contributed by atoms with Gasteiger partial charge in [0.25, 0.3) is 0 Å². The Bertz CT molecular complexity index is 380. The lowest BCUT2D eigenvalue weighted by molar-refractivity contribution is -0.00959. The van der Waals surface area contributed by atoms with Gasteiger partial charge < -0.3 is 20.1 Å². The minimum Gasteiger partial charge on any atom is -0.444 e. The van der Waals surface area contributed by atoms with Crippen molar-refractivity contribution < 1.29 is 14.6 Å². The number of nitrogens with one attached hydrogen (secondary N) is 1. The highest BCUT2D eigenvalue weighted by molar-refractivity contribution is 5.68. The monoisotopic (exact) mass is 314 g/mol. The van der Waals surface area contributed by atoms with Gasteiger partial charge in [0.05, 0.1) is 5.60 Å². The predicted octanol–water partition coefficient (Wildman–Crippen LogP) is 2.77. The Morgan fingerprint density at radius 1 is 1.23 bits per heavy atom. The number of amides is 1. The number of carbonyl (C=O) groups excluding carboxylic acids is 1. The summed E-state index contributed by atoms with van der Waals surface area (Å²) in [4.78, 5) is 14.0. The van der Waals surface area contributed by atoms with E-state index in [2.05, 4.69) is 5.32 Å². The number of rotatable bonds is 4. The van der Waals surface area contributed by atoms with Crippen molar-refractivity contribution in [1.82, 2.24) is 10.2 Å². The normalized spacial score (nSPS) is 20.9. The van der Waals surface area contributed by atoms with E-state index in [-0.39, 0.29) is 11.6 Å². The lowest BCUT2D eigenvalue weighted by atomic mass is 9.85. The first-order chi connectivity index (χ1) is 9.82. The van der Waals surface area contributed by atoms with Crippen LogP contribution in [0.2, 0.25) is 0 Å². The molecule has 1 aliphatic rings. The maximum atomic E-state index is 12.2. The van der Waals surface area contributed by atoms with Crippen molar-refractivity contribution in [3.05, 3.63) is 0 Å². The van der Waals surface area contributed by atoms with Crippen LogP contribution in [-0.2, 0) is 4.74 Å². The largest absolute Gasteiger partial charge is 0.444 e. The van der Waals surface area contributed by atoms with Crippen LogP contribution in [-0.4, -0.2) is 52.5 Å². The van der Waals surface area contributed by atoms with Crippen LogP contribution in [0.1, 0.15) is 61.3 Å². The van der Waals surface area contributed by atoms with E-state index in [1.807, 2.05) is 48.5 Å². The summed E-state index contributed by atoms with van der Waals surface area (Å²) >= 11 is 0. The zero-order valence-electron chi connectivity index (χ0n) is 15.3. The van der Waals surface area contributed by atoms with Gasteiger partial charge in [-0.15, -0.1) is 0 Å². The molecule has 1 amide bonds. The van der Waals surface area contributed by atoms with Gasteiger partial charge in [-0.1, -0.05) is 0 Å². The first kappa shape index (κ1) is 19.2. The van der Waals surface area contributed by atoms with Gasteiger partial charge in [-0.25, -0.2) is 4.79 Å². The molecule has 0 aromatic rings. The lowest BCUT2D eigenvalue weighted by Gasteiger charge is -2.41. The lowest BCUT2D eigenvalue weighted by Crippen LogP contribution is -2.57. The van der Waals surface area contributed by atoms with Crippen molar-refractivity contribution in [2.75, 3.05) is 19.6 Å². The molecule has 0 spiro atoms. The van der Waals surface area contributed by atoms with Gasteiger partial charge in [-0.3, -0.25) is 0 Å². The second-order valence-electron chi connectivity index (χ2n) is 8.50. The molecule has 1 rings (SSSR count). The van der Waals surface area contributed by atoms with E-state index in [4.69, 9.17) is 4.74 Å². The third-order valence-corrected chi connectivity index (χ3v) is 4.53. The fraction of sp³-hybridized carbons (Fsp3) is 0.941. The molecule has 0 aliphatic carbocycles. The number of likely N-dealkylation sites (tertiary alicyclic amines) is 1. The molecule has 0 radical (unpaired) electrons. The molecule has 130 valence electrons. The first-order valence-corrected chi connectivity index (χ1v) is 8.27. The van der Waals surface area contributed by atoms with E-state index < -0.39 is 11.2 Å². The van der Waals surface area contributed by atoms with Crippen LogP contribution in [0.4, 0.5) is 4.79 Å². The van der Waals surface area contributed by atoms with E-state index in [1.165, 1.54) is 0 Å². The molecule has 0 aromatic heterocycles. The molecular formula is C17H34N2O3. The molecule has 1 atom stereocenters. The van der Waals surface area contributed by atoms with E-state index in [0.29, 0.717) is 12.5 Å². The Balaban J connectivity index is 2.52. The highest BCUT2D eigenvalue weighted by atomic mass is 16.6. The first-order valence-electron chi connectivity index (χ1n) is 8.27. The van der Waals surface area contributed by atoms with Crippen LogP contribution in [0.5, 0.6) is 0 Å². The quantitative estimate of drug-likeness (QED) is 0.837. The number of piperidine rings is 1. The van der Waals surface area contributed by atoms with E-state index in [9.17, 15) is 9.90 Å². The van der Waals surface area contributed by atoms with Gasteiger partial charge in [0.2, 0.25) is 0 Å². The van der Waals surface area contributed by atoms with Gasteiger partial charge >= 0.3 is 6.09 Å². The number of hydrogen-bond donors (Lipinski definition) is 2. The van der Waals surface area contributed by atoms with E-state index >= 15 is 0 Å². The maximum Gasteiger partial charge on any atom is 0.410 e. The number of aliphatic hydroxyl groups is 1. The van der Waals surface area contributed by atoms with Gasteiger partial charge in [0, 0.05) is 25.2 Å². The molecule has 1 heterocycles. The molecule has 0 aromatic carbocycles. The highest BCUT2D eigenvalue weighted by Crippen LogP contribution is 2.23. The van der Waals surface area contributed by atoms with Gasteiger partial charge in [0.1, 0.15) is 5.60 Å². The van der Waals surface area contributed by atoms with Crippen molar-refractivity contribution in [3.8, 4) is 0 Å². The summed E-state index contributed by atoms with van der Waals surface area (Å²) in [5.41, 5.74) is -1.63. The summed E-state index contributed by atoms with van der Waals surface area (Å²) in [7, 11) is 0. The maximum absolute atomic E-state index is 12.2. The van der Waals surface area contributed by atoms with Crippen LogP contribution in [0, 0.1) is 5.92 Å². The predicted molar refractivity (Wildman–Crippen MR) is 88.9 cm³/mol. The Morgan fingerprint density at radius 2 is 1.82 bits per heavy atom. The average Bonchev–Trinajstić information content (AvgIpc) is 2.33. The fourth-order valence-electron chi connectivity index (χ4n) is 2.34. The molecule has 1 saturated heterocycles. The van der Waals surface area contributed by atoms with Crippen LogP contribution in [0.25, 0.3) is 0 Å². The Kier molecular flexibility index (Phi) is 5.90. The number of ether oxygens (including phenoxy) is 1. The smallest absolute Gasteiger partial charge is 0.410 e. The van der Waals surface area contributed by atoms with Gasteiger partial charge in [-0.2, -0.15) is 0 Å². The van der Waals surface area contributed by atoms with Crippen molar-refractivity contribution >= 4 is 6.09 Å². The van der Waals surface area contributed by atoms with Crippen molar-refractivity contribution in [2.24, 2.45) is 5.92 Å². The fourth-order valence-corrected chi connectivity index (χ4v) is 2.34. The zero-order chi connectivity index (χ0) is 17.2. The van der Waals surface area contributed by atoms with E-state index in [1.54, 1.807) is 4.90 Å². The summed E-state index contributed by atoms with van der Waals surface area (Å²) in [5.74, 6) is 0.392. The average molecular weight is 314 g/mol. The molecule has 1 unspecified atom stereocenters. The SMILES string of the molecule is CC(C)(C)OC(=O)N1CCCC(CNC(C)(C)C(C)(C)O)C1. The standard InChI is InChI=1S/C17H34N2O3/c1-15(2,3)22-14(20)19-10-8-9-13(12-19)11-18-16(4,5)17(6,7)21/h13,18,21H,8-12H2,1-7H3. The molecule has 2 N–H and O–H groups in total. The van der Waals surface area contributed by atoms with Crippen LogP contribution < -0.4 is 5.32 Å².